The molecule has 0 aromatic heterocycles. The molecule has 75 heavy (non-hydrogen) atoms. The van der Waals surface area contributed by atoms with Gasteiger partial charge in [0.05, 0.1) is 24.4 Å². The van der Waals surface area contributed by atoms with Crippen molar-refractivity contribution in [1.29, 1.82) is 0 Å². The minimum absolute atomic E-state index is 0.00399. The first-order valence-electron chi connectivity index (χ1n) is 27.2. The fourth-order valence-electron chi connectivity index (χ4n) is 10.0. The highest BCUT2D eigenvalue weighted by atomic mass is 16.8. The number of hydrogen-bond donors (Lipinski definition) is 1. The number of unbranched alkanes of at least 4 members (excludes halogenated alkanes) is 3. The quantitative estimate of drug-likeness (QED) is 0.0469. The molecule has 3 rings (SSSR count). The number of carbonyl (C=O) groups is 8. The first-order valence-corrected chi connectivity index (χ1v) is 27.2. The molecule has 430 valence electrons. The van der Waals surface area contributed by atoms with Crippen LogP contribution in [-0.4, -0.2) is 141 Å². The smallest absolute Gasteiger partial charge is 0.303 e. The van der Waals surface area contributed by atoms with E-state index in [1.54, 1.807) is 20.8 Å². The Kier molecular flexibility index (Phi) is 27.3. The van der Waals surface area contributed by atoms with Gasteiger partial charge in [-0.05, 0) is 36.5 Å². The third-order valence-corrected chi connectivity index (χ3v) is 15.1. The number of ether oxygens (including phenoxy) is 11. The van der Waals surface area contributed by atoms with Crippen LogP contribution in [0.1, 0.15) is 156 Å². The first kappa shape index (κ1) is 65.2. The third kappa shape index (κ3) is 20.0. The maximum atomic E-state index is 13.4. The van der Waals surface area contributed by atoms with Crippen molar-refractivity contribution in [3.05, 3.63) is 0 Å². The zero-order valence-electron chi connectivity index (χ0n) is 47.6. The molecule has 0 radical (unpaired) electrons. The molecule has 0 aromatic carbocycles. The van der Waals surface area contributed by atoms with Gasteiger partial charge in [0.2, 0.25) is 5.91 Å². The summed E-state index contributed by atoms with van der Waals surface area (Å²) >= 11 is 0. The molecule has 3 fully saturated rings. The number of Topliss-reactive ketones (excluding diaryl/α,β-unsaturated/α-hetero) is 2. The van der Waals surface area contributed by atoms with Crippen molar-refractivity contribution in [1.82, 2.24) is 5.32 Å². The van der Waals surface area contributed by atoms with Gasteiger partial charge in [-0.2, -0.15) is 0 Å². The Labute approximate surface area is 445 Å². The molecule has 0 spiro atoms. The van der Waals surface area contributed by atoms with Gasteiger partial charge in [0.1, 0.15) is 37.8 Å². The number of ketones is 2. The van der Waals surface area contributed by atoms with Crippen LogP contribution in [0, 0.1) is 53.3 Å². The van der Waals surface area contributed by atoms with Crippen molar-refractivity contribution in [3.8, 4) is 0 Å². The van der Waals surface area contributed by atoms with Gasteiger partial charge in [0, 0.05) is 83.7 Å². The molecular formula is C55H91NO19. The van der Waals surface area contributed by atoms with Crippen LogP contribution in [0.4, 0.5) is 0 Å². The lowest BCUT2D eigenvalue weighted by Crippen LogP contribution is -2.63. The van der Waals surface area contributed by atoms with Gasteiger partial charge in [0.15, 0.2) is 36.9 Å². The fraction of sp³-hybridized carbons (Fsp3) is 0.855. The molecule has 1 amide bonds. The van der Waals surface area contributed by atoms with E-state index < -0.39 is 115 Å². The maximum absolute atomic E-state index is 13.4. The average Bonchev–Trinajstić information content (AvgIpc) is 3.33. The van der Waals surface area contributed by atoms with Crippen molar-refractivity contribution in [2.75, 3.05) is 26.4 Å². The van der Waals surface area contributed by atoms with Crippen molar-refractivity contribution >= 4 is 47.3 Å². The number of esters is 5. The third-order valence-electron chi connectivity index (χ3n) is 15.1. The van der Waals surface area contributed by atoms with Crippen molar-refractivity contribution < 1.29 is 90.5 Å². The molecule has 3 aliphatic heterocycles. The summed E-state index contributed by atoms with van der Waals surface area (Å²) in [4.78, 5) is 101. The highest BCUT2D eigenvalue weighted by molar-refractivity contribution is 5.92. The Balaban J connectivity index is 1.75. The first-order chi connectivity index (χ1) is 35.2. The van der Waals surface area contributed by atoms with Gasteiger partial charge in [-0.15, -0.1) is 0 Å². The number of carbonyl (C=O) groups excluding carboxylic acids is 8. The van der Waals surface area contributed by atoms with E-state index in [4.69, 9.17) is 52.1 Å². The lowest BCUT2D eigenvalue weighted by molar-refractivity contribution is -0.364. The van der Waals surface area contributed by atoms with Crippen LogP contribution < -0.4 is 5.32 Å². The molecule has 0 aliphatic carbocycles. The van der Waals surface area contributed by atoms with Gasteiger partial charge in [-0.1, -0.05) is 95.4 Å². The Morgan fingerprint density at radius 3 is 1.44 bits per heavy atom. The molecule has 18 atom stereocenters. The highest BCUT2D eigenvalue weighted by Crippen LogP contribution is 2.41. The molecule has 20 nitrogen and oxygen atoms in total. The number of rotatable bonds is 29. The largest absolute Gasteiger partial charge is 0.463 e. The van der Waals surface area contributed by atoms with Crippen LogP contribution in [0.3, 0.4) is 0 Å². The number of amides is 1. The van der Waals surface area contributed by atoms with E-state index in [2.05, 4.69) is 12.2 Å². The standard InChI is InChI=1S/C55H91NO19/c1-17-42(62)47(29(4)5)56-52(64)41(28(2)3)24-43(63)30(6)22-20-18-19-21-23-65-54-50(69-39(15)60)34(10)49(45(72-54)26-67-37(13)58)75-55-51(70-40(16)61)35(11)48(46(73-55)27-68-38(14)59)74-53-33(9)31(7)32(8)44(71-53)25-66-36(12)57/h28-35,41,44-51,53-55H,17-27H2,1-16H3,(H,56,64)/t30-,31?,32+,33+,34?,35?,41-,44?,45?,46?,47-,48+,49+,50+,51+,53-,54+,55-/m0/s1. The van der Waals surface area contributed by atoms with Crippen LogP contribution in [0.5, 0.6) is 0 Å². The maximum Gasteiger partial charge on any atom is 0.303 e. The van der Waals surface area contributed by atoms with Gasteiger partial charge in [-0.3, -0.25) is 38.4 Å². The Hall–Kier alpha value is -4.08. The number of hydrogen-bond acceptors (Lipinski definition) is 19. The molecular weight excluding hydrogens is 979 g/mol. The van der Waals surface area contributed by atoms with E-state index >= 15 is 0 Å². The van der Waals surface area contributed by atoms with Crippen LogP contribution in [0.2, 0.25) is 0 Å². The second-order valence-corrected chi connectivity index (χ2v) is 21.7. The van der Waals surface area contributed by atoms with Crippen molar-refractivity contribution in [3.63, 3.8) is 0 Å². The van der Waals surface area contributed by atoms with Gasteiger partial charge in [-0.25, -0.2) is 0 Å². The Morgan fingerprint density at radius 1 is 0.493 bits per heavy atom. The van der Waals surface area contributed by atoms with E-state index in [1.807, 2.05) is 48.5 Å². The van der Waals surface area contributed by atoms with E-state index in [1.165, 1.54) is 34.6 Å². The molecule has 3 aliphatic rings. The minimum Gasteiger partial charge on any atom is -0.463 e. The van der Waals surface area contributed by atoms with Gasteiger partial charge >= 0.3 is 29.8 Å². The highest BCUT2D eigenvalue weighted by Gasteiger charge is 2.54. The minimum atomic E-state index is -1.34. The van der Waals surface area contributed by atoms with Crippen LogP contribution in [0.25, 0.3) is 0 Å². The molecule has 20 heteroatoms. The SMILES string of the molecule is CCC(=O)[C@@H](NC(=O)[C@@H](CC(=O)[C@@H](C)CCCCCCO[C@@H]1OC(COC(C)=O)[C@H](O[C@@H]2OC(COC(C)=O)[C@H](O[C@@H]3OC(COC(C)=O)[C@H](C)C(C)[C@H]3C)C(C)[C@H]2OC(C)=O)C(C)[C@H]1OC(C)=O)C(C)C)C(C)C. The number of nitrogens with one attached hydrogen (secondary N) is 1. The molecule has 3 heterocycles. The molecule has 3 saturated heterocycles. The topological polar surface area (TPSA) is 250 Å². The molecule has 6 unspecified atom stereocenters. The van der Waals surface area contributed by atoms with Crippen LogP contribution in [0.15, 0.2) is 0 Å². The molecule has 0 bridgehead atoms. The fourth-order valence-corrected chi connectivity index (χ4v) is 10.0. The predicted octanol–water partition coefficient (Wildman–Crippen LogP) is 6.62. The zero-order valence-corrected chi connectivity index (χ0v) is 47.6. The summed E-state index contributed by atoms with van der Waals surface area (Å²) in [5.41, 5.74) is 0. The lowest BCUT2D eigenvalue weighted by atomic mass is 9.79. The normalized spacial score (nSPS) is 31.1. The summed E-state index contributed by atoms with van der Waals surface area (Å²) < 4.78 is 67.1. The predicted molar refractivity (Wildman–Crippen MR) is 271 cm³/mol. The lowest BCUT2D eigenvalue weighted by Gasteiger charge is -2.50. The Bertz CT molecular complexity index is 1870. The molecule has 0 aromatic rings. The van der Waals surface area contributed by atoms with E-state index in [0.717, 1.165) is 19.3 Å². The van der Waals surface area contributed by atoms with Gasteiger partial charge < -0.3 is 57.4 Å². The zero-order chi connectivity index (χ0) is 56.4. The van der Waals surface area contributed by atoms with E-state index in [0.29, 0.717) is 19.3 Å². The van der Waals surface area contributed by atoms with E-state index in [-0.39, 0.29) is 85.8 Å². The van der Waals surface area contributed by atoms with Crippen molar-refractivity contribution in [2.45, 2.75) is 223 Å². The van der Waals surface area contributed by atoms with Crippen molar-refractivity contribution in [2.24, 2.45) is 53.3 Å². The summed E-state index contributed by atoms with van der Waals surface area (Å²) in [6.45, 7) is 26.8. The summed E-state index contributed by atoms with van der Waals surface area (Å²) in [6, 6.07) is -0.591. The van der Waals surface area contributed by atoms with E-state index in [9.17, 15) is 38.4 Å². The molecule has 0 saturated carbocycles. The summed E-state index contributed by atoms with van der Waals surface area (Å²) in [6.07, 6.45) is -5.90. The summed E-state index contributed by atoms with van der Waals surface area (Å²) in [5.74, 6) is -5.61. The summed E-state index contributed by atoms with van der Waals surface area (Å²) in [5, 5.41) is 2.91. The molecule has 1 N–H and O–H groups in total. The second kappa shape index (κ2) is 31.4. The van der Waals surface area contributed by atoms with Crippen LogP contribution in [-0.2, 0) is 90.5 Å². The second-order valence-electron chi connectivity index (χ2n) is 21.7. The average molecular weight is 1070 g/mol. The van der Waals surface area contributed by atoms with Gasteiger partial charge in [0.25, 0.3) is 0 Å². The van der Waals surface area contributed by atoms with Crippen LogP contribution >= 0.6 is 0 Å². The monoisotopic (exact) mass is 1070 g/mol. The summed E-state index contributed by atoms with van der Waals surface area (Å²) in [7, 11) is 0. The Morgan fingerprint density at radius 2 is 0.960 bits per heavy atom.